The Kier molecular flexibility index (Phi) is 18.2. The number of nitrogens with two attached hydrogens (primary N) is 1. The molecule has 0 saturated carbocycles. The van der Waals surface area contributed by atoms with Gasteiger partial charge in [-0.1, -0.05) is 78.8 Å². The van der Waals surface area contributed by atoms with Crippen molar-refractivity contribution < 1.29 is 33.6 Å². The van der Waals surface area contributed by atoms with Crippen LogP contribution in [0.1, 0.15) is 87.1 Å². The molecule has 0 aliphatic heterocycles. The van der Waals surface area contributed by atoms with Crippen LogP contribution in [0.3, 0.4) is 0 Å². The molecule has 0 radical (unpaired) electrons. The number of carbonyl (C=O) groups excluding carboxylic acids is 7. The molecule has 0 bridgehead atoms. The molecule has 0 aromatic heterocycles. The highest BCUT2D eigenvalue weighted by Crippen LogP contribution is 2.22. The molecule has 1 aromatic rings. The molecular weight excluding hydrogens is 664 g/mol. The van der Waals surface area contributed by atoms with Gasteiger partial charge in [0.05, 0.1) is 0 Å². The van der Waals surface area contributed by atoms with Crippen LogP contribution in [0.25, 0.3) is 0 Å². The lowest BCUT2D eigenvalue weighted by Gasteiger charge is -2.39. The number of amides is 6. The van der Waals surface area contributed by atoms with E-state index in [0.717, 1.165) is 5.56 Å². The van der Waals surface area contributed by atoms with Gasteiger partial charge >= 0.3 is 0 Å². The van der Waals surface area contributed by atoms with E-state index in [9.17, 15) is 33.6 Å². The van der Waals surface area contributed by atoms with Crippen molar-refractivity contribution in [1.82, 2.24) is 24.9 Å². The molecule has 1 rings (SSSR count). The lowest BCUT2D eigenvalue weighted by molar-refractivity contribution is -0.152. The summed E-state index contributed by atoms with van der Waals surface area (Å²) >= 11 is 0. The third-order valence-electron chi connectivity index (χ3n) is 9.83. The van der Waals surface area contributed by atoms with Crippen molar-refractivity contribution >= 4 is 41.2 Å². The monoisotopic (exact) mass is 728 g/mol. The van der Waals surface area contributed by atoms with E-state index in [1.807, 2.05) is 44.2 Å². The third-order valence-corrected chi connectivity index (χ3v) is 9.83. The van der Waals surface area contributed by atoms with Crippen LogP contribution in [0.15, 0.2) is 30.3 Å². The molecule has 52 heavy (non-hydrogen) atoms. The fraction of sp³-hybridized carbons (Fsp3) is 0.667. The second-order valence-corrected chi connectivity index (χ2v) is 15.2. The van der Waals surface area contributed by atoms with Crippen molar-refractivity contribution in [2.45, 2.75) is 118 Å². The van der Waals surface area contributed by atoms with Gasteiger partial charge in [-0.2, -0.15) is 0 Å². The summed E-state index contributed by atoms with van der Waals surface area (Å²) in [5, 5.41) is 2.85. The number of nitrogens with one attached hydrogen (secondary N) is 1. The van der Waals surface area contributed by atoms with Crippen molar-refractivity contribution in [2.24, 2.45) is 29.4 Å². The van der Waals surface area contributed by atoms with Gasteiger partial charge in [0.1, 0.15) is 36.0 Å². The summed E-state index contributed by atoms with van der Waals surface area (Å²) < 4.78 is 0. The van der Waals surface area contributed by atoms with Gasteiger partial charge < -0.3 is 35.4 Å². The van der Waals surface area contributed by atoms with Crippen molar-refractivity contribution in [3.05, 3.63) is 35.9 Å². The summed E-state index contributed by atoms with van der Waals surface area (Å²) in [7, 11) is 6.05. The molecule has 3 N–H and O–H groups in total. The Morgan fingerprint density at radius 3 is 1.63 bits per heavy atom. The minimum atomic E-state index is -1.04. The van der Waals surface area contributed by atoms with E-state index >= 15 is 0 Å². The van der Waals surface area contributed by atoms with Crippen LogP contribution in [0.4, 0.5) is 0 Å². The largest absolute Gasteiger partial charge is 0.368 e. The Bertz CT molecular complexity index is 1400. The quantitative estimate of drug-likeness (QED) is 0.208. The zero-order valence-electron chi connectivity index (χ0n) is 33.6. The predicted octanol–water partition coefficient (Wildman–Crippen LogP) is 2.89. The number of rotatable bonds is 20. The first kappa shape index (κ1) is 45.7. The topological polar surface area (TPSA) is 170 Å². The molecule has 0 saturated heterocycles. The Morgan fingerprint density at radius 2 is 1.17 bits per heavy atom. The van der Waals surface area contributed by atoms with E-state index < -0.39 is 65.7 Å². The van der Waals surface area contributed by atoms with Gasteiger partial charge in [-0.3, -0.25) is 28.8 Å². The van der Waals surface area contributed by atoms with Crippen LogP contribution in [-0.4, -0.2) is 119 Å². The third kappa shape index (κ3) is 12.4. The summed E-state index contributed by atoms with van der Waals surface area (Å²) in [4.78, 5) is 98.0. The minimum Gasteiger partial charge on any atom is -0.368 e. The van der Waals surface area contributed by atoms with Crippen LogP contribution in [0, 0.1) is 23.7 Å². The SMILES string of the molecule is CC(=O)CCCC(C)C(=O)N(C)C(C(=O)N(C)C(C(=O)NC(C(=O)N(C)C(C)C(=O)N(C)C(Cc1ccccc1)C(N)=O)C(C)C)C(C)C)C(C)C. The van der Waals surface area contributed by atoms with Gasteiger partial charge in [-0.15, -0.1) is 0 Å². The summed E-state index contributed by atoms with van der Waals surface area (Å²) in [6.45, 7) is 15.6. The molecule has 6 unspecified atom stereocenters. The minimum absolute atomic E-state index is 0.0550. The smallest absolute Gasteiger partial charge is 0.246 e. The maximum atomic E-state index is 14.1. The molecule has 6 atom stereocenters. The molecular formula is C39H64N6O7. The fourth-order valence-electron chi connectivity index (χ4n) is 6.48. The summed E-state index contributed by atoms with van der Waals surface area (Å²) in [6.07, 6.45) is 1.67. The van der Waals surface area contributed by atoms with Gasteiger partial charge in [-0.05, 0) is 50.0 Å². The molecule has 0 spiro atoms. The number of nitrogens with zero attached hydrogens (tertiary/aromatic N) is 4. The Hall–Kier alpha value is -4.29. The Morgan fingerprint density at radius 1 is 0.654 bits per heavy atom. The molecule has 0 fully saturated rings. The number of ketones is 1. The number of carbonyl (C=O) groups is 7. The molecule has 13 nitrogen and oxygen atoms in total. The summed E-state index contributed by atoms with van der Waals surface area (Å²) in [6, 6.07) is 4.34. The summed E-state index contributed by atoms with van der Waals surface area (Å²) in [5.74, 6) is -4.25. The number of hydrogen-bond donors (Lipinski definition) is 2. The standard InChI is InChI=1S/C39H64N6O7/c1-23(2)31(38(51)42(10)28(9)37(50)43(11)30(34(40)47)22-29-20-15-14-16-21-29)41-35(48)32(24(3)4)44(12)39(52)33(25(5)6)45(13)36(49)26(7)18-17-19-27(8)46/h14-16,20-21,23-26,28,30-33H,17-19,22H2,1-13H3,(H2,40,47)(H,41,48). The van der Waals surface area contributed by atoms with Gasteiger partial charge in [0.2, 0.25) is 35.4 Å². The number of hydrogen-bond acceptors (Lipinski definition) is 7. The van der Waals surface area contributed by atoms with Crippen LogP contribution in [0.5, 0.6) is 0 Å². The summed E-state index contributed by atoms with van der Waals surface area (Å²) in [5.41, 5.74) is 6.51. The van der Waals surface area contributed by atoms with Crippen LogP contribution in [-0.2, 0) is 40.0 Å². The first-order valence-electron chi connectivity index (χ1n) is 18.3. The van der Waals surface area contributed by atoms with Crippen LogP contribution in [0.2, 0.25) is 0 Å². The van der Waals surface area contributed by atoms with Gasteiger partial charge in [0, 0.05) is 47.0 Å². The first-order chi connectivity index (χ1) is 24.1. The van der Waals surface area contributed by atoms with Gasteiger partial charge in [0.25, 0.3) is 0 Å². The van der Waals surface area contributed by atoms with Crippen molar-refractivity contribution in [1.29, 1.82) is 0 Å². The molecule has 1 aromatic carbocycles. The van der Waals surface area contributed by atoms with Gasteiger partial charge in [-0.25, -0.2) is 0 Å². The zero-order chi connectivity index (χ0) is 40.2. The zero-order valence-corrected chi connectivity index (χ0v) is 33.6. The van der Waals surface area contributed by atoms with Crippen LogP contribution >= 0.6 is 0 Å². The normalized spacial score (nSPS) is 14.8. The average Bonchev–Trinajstić information content (AvgIpc) is 3.07. The Labute approximate surface area is 311 Å². The number of likely N-dealkylation sites (N-methyl/N-ethyl adjacent to an activating group) is 4. The van der Waals surface area contributed by atoms with Crippen molar-refractivity contribution in [2.75, 3.05) is 28.2 Å². The highest BCUT2D eigenvalue weighted by molar-refractivity contribution is 5.96. The molecule has 0 aliphatic rings. The van der Waals surface area contributed by atoms with Crippen LogP contribution < -0.4 is 11.1 Å². The molecule has 0 aliphatic carbocycles. The molecule has 292 valence electrons. The van der Waals surface area contributed by atoms with E-state index in [1.165, 1.54) is 47.7 Å². The highest BCUT2D eigenvalue weighted by Gasteiger charge is 2.41. The fourth-order valence-corrected chi connectivity index (χ4v) is 6.48. The first-order valence-corrected chi connectivity index (χ1v) is 18.3. The molecule has 6 amide bonds. The van der Waals surface area contributed by atoms with E-state index in [0.29, 0.717) is 19.3 Å². The van der Waals surface area contributed by atoms with Crippen molar-refractivity contribution in [3.8, 4) is 0 Å². The van der Waals surface area contributed by atoms with E-state index in [2.05, 4.69) is 5.32 Å². The van der Waals surface area contributed by atoms with E-state index in [4.69, 9.17) is 5.73 Å². The number of primary amides is 1. The second-order valence-electron chi connectivity index (χ2n) is 15.2. The van der Waals surface area contributed by atoms with E-state index in [1.54, 1.807) is 48.6 Å². The van der Waals surface area contributed by atoms with E-state index in [-0.39, 0.29) is 35.9 Å². The van der Waals surface area contributed by atoms with Crippen molar-refractivity contribution in [3.63, 3.8) is 0 Å². The predicted molar refractivity (Wildman–Crippen MR) is 201 cm³/mol. The lowest BCUT2D eigenvalue weighted by Crippen LogP contribution is -2.61. The Balaban J connectivity index is 3.21. The highest BCUT2D eigenvalue weighted by atomic mass is 16.2. The second kappa shape index (κ2) is 20.7. The average molecular weight is 729 g/mol. The lowest BCUT2D eigenvalue weighted by atomic mass is 9.94. The maximum Gasteiger partial charge on any atom is 0.246 e. The number of benzene rings is 1. The maximum absolute atomic E-state index is 14.1. The molecule has 13 heteroatoms. The van der Waals surface area contributed by atoms with Gasteiger partial charge in [0.15, 0.2) is 0 Å². The number of Topliss-reactive ketones (excluding diaryl/α,β-unsaturated/α-hetero) is 1. The molecule has 0 heterocycles.